The summed E-state index contributed by atoms with van der Waals surface area (Å²) in [5, 5.41) is 10.4. The Labute approximate surface area is 373 Å². The minimum Gasteiger partial charge on any atom is -0.464 e. The third kappa shape index (κ3) is 13.9. The number of fused-ring (bicyclic) bond motifs is 2. The number of anilines is 1. The number of amides is 2. The normalized spacial score (nSPS) is 15.8. The zero-order valence-corrected chi connectivity index (χ0v) is 37.3. The summed E-state index contributed by atoms with van der Waals surface area (Å²) < 4.78 is 11.6. The lowest BCUT2D eigenvalue weighted by molar-refractivity contribution is -0.148. The summed E-state index contributed by atoms with van der Waals surface area (Å²) in [5.74, 6) is -1.72. The van der Waals surface area contributed by atoms with Gasteiger partial charge in [-0.3, -0.25) is 14.6 Å². The van der Waals surface area contributed by atoms with E-state index in [0.717, 1.165) is 96.9 Å². The van der Waals surface area contributed by atoms with E-state index in [1.54, 1.807) is 29.4 Å². The van der Waals surface area contributed by atoms with Crippen molar-refractivity contribution < 1.29 is 28.7 Å². The number of pyridine rings is 1. The zero-order valence-electron chi connectivity index (χ0n) is 37.3. The highest BCUT2D eigenvalue weighted by molar-refractivity contribution is 5.96. The van der Waals surface area contributed by atoms with Gasteiger partial charge < -0.3 is 25.0 Å². The molecule has 0 saturated carbocycles. The molecule has 1 saturated heterocycles. The number of unbranched alkanes of at least 4 members (excludes halogenated alkanes) is 10. The molecule has 6 rings (SSSR count). The summed E-state index contributed by atoms with van der Waals surface area (Å²) in [6.45, 7) is 4.93. The van der Waals surface area contributed by atoms with Gasteiger partial charge in [0.25, 0.3) is 0 Å². The molecule has 4 aromatic carbocycles. The summed E-state index contributed by atoms with van der Waals surface area (Å²) in [5.41, 5.74) is 2.42. The molecule has 2 N–H and O–H groups in total. The molecule has 0 spiro atoms. The molecule has 1 aliphatic rings. The first-order valence-corrected chi connectivity index (χ1v) is 23.4. The summed E-state index contributed by atoms with van der Waals surface area (Å²) in [7, 11) is 0. The Kier molecular flexibility index (Phi) is 18.4. The smallest absolute Gasteiger partial charge is 0.328 e. The summed E-state index contributed by atoms with van der Waals surface area (Å²) in [4.78, 5) is 62.7. The number of ether oxygens (including phenoxy) is 2. The van der Waals surface area contributed by atoms with Gasteiger partial charge in [-0.25, -0.2) is 9.59 Å². The Morgan fingerprint density at radius 1 is 0.556 bits per heavy atom. The second kappa shape index (κ2) is 24.8. The van der Waals surface area contributed by atoms with E-state index in [-0.39, 0.29) is 37.9 Å². The van der Waals surface area contributed by atoms with E-state index in [4.69, 9.17) is 9.47 Å². The molecule has 10 nitrogen and oxygen atoms in total. The number of hydrogen-bond donors (Lipinski definition) is 2. The highest BCUT2D eigenvalue weighted by Gasteiger charge is 2.43. The molecular weight excluding hydrogens is 789 g/mol. The van der Waals surface area contributed by atoms with Crippen molar-refractivity contribution in [1.82, 2.24) is 15.6 Å². The van der Waals surface area contributed by atoms with E-state index in [0.29, 0.717) is 18.5 Å². The van der Waals surface area contributed by atoms with Crippen molar-refractivity contribution in [2.24, 2.45) is 0 Å². The largest absolute Gasteiger partial charge is 0.464 e. The molecule has 63 heavy (non-hydrogen) atoms. The highest BCUT2D eigenvalue weighted by atomic mass is 16.5. The van der Waals surface area contributed by atoms with Crippen LogP contribution in [0, 0.1) is 0 Å². The van der Waals surface area contributed by atoms with Crippen molar-refractivity contribution in [1.29, 1.82) is 0 Å². The molecule has 1 fully saturated rings. The third-order valence-electron chi connectivity index (χ3n) is 12.1. The van der Waals surface area contributed by atoms with E-state index >= 15 is 0 Å². The van der Waals surface area contributed by atoms with Gasteiger partial charge in [0.1, 0.15) is 24.2 Å². The predicted molar refractivity (Wildman–Crippen MR) is 251 cm³/mol. The molecule has 10 heteroatoms. The quantitative estimate of drug-likeness (QED) is 0.0439. The maximum Gasteiger partial charge on any atom is 0.328 e. The standard InChI is InChI=1S/C53H66N4O6/c1-3-5-7-9-11-17-33-62-52(60)46(37-39-23-25-41-19-13-15-21-43(41)35-39)55-50(58)48-27-28-49(57(48)45-29-31-54-32-30-45)51(59)56-47(53(61)63-34-18-12-10-8-6-4-2)38-40-24-26-42-20-14-16-22-44(42)36-40/h13-16,19-26,29-32,35-36,46-49H,3-12,17-18,27-28,33-34,37-38H2,1-2H3,(H,55,58)(H,56,59)/t46-,47-,48+,49+/m0/s1. The van der Waals surface area contributed by atoms with Crippen LogP contribution >= 0.6 is 0 Å². The lowest BCUT2D eigenvalue weighted by Gasteiger charge is -2.32. The Morgan fingerprint density at radius 3 is 1.41 bits per heavy atom. The van der Waals surface area contributed by atoms with Gasteiger partial charge in [0.2, 0.25) is 11.8 Å². The van der Waals surface area contributed by atoms with Gasteiger partial charge in [-0.2, -0.15) is 0 Å². The van der Waals surface area contributed by atoms with Crippen molar-refractivity contribution in [2.75, 3.05) is 18.1 Å². The van der Waals surface area contributed by atoms with Crippen molar-refractivity contribution >= 4 is 51.0 Å². The summed E-state index contributed by atoms with van der Waals surface area (Å²) in [6.07, 6.45) is 17.1. The lowest BCUT2D eigenvalue weighted by Crippen LogP contribution is -2.56. The van der Waals surface area contributed by atoms with Crippen molar-refractivity contribution in [3.8, 4) is 0 Å². The molecule has 2 amide bonds. The average Bonchev–Trinajstić information content (AvgIpc) is 3.76. The maximum atomic E-state index is 14.5. The average molecular weight is 855 g/mol. The lowest BCUT2D eigenvalue weighted by atomic mass is 10.0. The predicted octanol–water partition coefficient (Wildman–Crippen LogP) is 9.99. The van der Waals surface area contributed by atoms with Gasteiger partial charge in [0.15, 0.2) is 0 Å². The topological polar surface area (TPSA) is 127 Å². The summed E-state index contributed by atoms with van der Waals surface area (Å²) in [6, 6.07) is 28.2. The molecule has 0 aliphatic carbocycles. The monoisotopic (exact) mass is 854 g/mol. The first kappa shape index (κ1) is 46.7. The fourth-order valence-corrected chi connectivity index (χ4v) is 8.64. The van der Waals surface area contributed by atoms with Crippen LogP contribution in [-0.4, -0.2) is 66.1 Å². The van der Waals surface area contributed by atoms with E-state index in [9.17, 15) is 19.2 Å². The number of nitrogens with one attached hydrogen (secondary N) is 2. The molecule has 0 unspecified atom stereocenters. The number of benzene rings is 4. The van der Waals surface area contributed by atoms with E-state index in [1.165, 1.54) is 12.8 Å². The molecule has 1 aliphatic heterocycles. The highest BCUT2D eigenvalue weighted by Crippen LogP contribution is 2.31. The number of esters is 2. The van der Waals surface area contributed by atoms with Crippen LogP contribution < -0.4 is 15.5 Å². The SMILES string of the molecule is CCCCCCCCOC(=O)[C@H](Cc1ccc2ccccc2c1)NC(=O)[C@H]1CC[C@H](C(=O)N[C@@H](Cc2ccc3ccccc3c2)C(=O)OCCCCCCCC)N1c1ccncc1. The fourth-order valence-electron chi connectivity index (χ4n) is 8.64. The maximum absolute atomic E-state index is 14.5. The molecule has 4 atom stereocenters. The minimum absolute atomic E-state index is 0.245. The van der Waals surface area contributed by atoms with Gasteiger partial charge in [0, 0.05) is 30.9 Å². The number of carbonyl (C=O) groups excluding carboxylic acids is 4. The molecule has 1 aromatic heterocycles. The van der Waals surface area contributed by atoms with Crippen LogP contribution in [0.5, 0.6) is 0 Å². The van der Waals surface area contributed by atoms with Gasteiger partial charge in [0.05, 0.1) is 13.2 Å². The van der Waals surface area contributed by atoms with Crippen LogP contribution in [0.25, 0.3) is 21.5 Å². The second-order valence-electron chi connectivity index (χ2n) is 17.0. The number of rotatable bonds is 25. The van der Waals surface area contributed by atoms with Gasteiger partial charge in [-0.1, -0.05) is 163 Å². The zero-order chi connectivity index (χ0) is 44.2. The summed E-state index contributed by atoms with van der Waals surface area (Å²) >= 11 is 0. The number of aromatic nitrogens is 1. The van der Waals surface area contributed by atoms with E-state index in [2.05, 4.69) is 29.5 Å². The number of carbonyl (C=O) groups is 4. The van der Waals surface area contributed by atoms with Crippen LogP contribution in [0.1, 0.15) is 115 Å². The van der Waals surface area contributed by atoms with Crippen LogP contribution in [0.4, 0.5) is 5.69 Å². The van der Waals surface area contributed by atoms with E-state index < -0.39 is 36.1 Å². The second-order valence-corrected chi connectivity index (χ2v) is 17.0. The van der Waals surface area contributed by atoms with Crippen molar-refractivity contribution in [3.63, 3.8) is 0 Å². The Bertz CT molecular complexity index is 2090. The van der Waals surface area contributed by atoms with Crippen LogP contribution in [0.15, 0.2) is 109 Å². The number of hydrogen-bond acceptors (Lipinski definition) is 8. The third-order valence-corrected chi connectivity index (χ3v) is 12.1. The Morgan fingerprint density at radius 2 is 0.968 bits per heavy atom. The van der Waals surface area contributed by atoms with Gasteiger partial charge >= 0.3 is 11.9 Å². The van der Waals surface area contributed by atoms with Crippen LogP contribution in [-0.2, 0) is 41.5 Å². The first-order valence-electron chi connectivity index (χ1n) is 23.4. The molecule has 2 heterocycles. The number of nitrogens with zero attached hydrogens (tertiary/aromatic N) is 2. The van der Waals surface area contributed by atoms with Crippen molar-refractivity contribution in [3.05, 3.63) is 121 Å². The van der Waals surface area contributed by atoms with E-state index in [1.807, 2.05) is 84.9 Å². The van der Waals surface area contributed by atoms with Gasteiger partial charge in [-0.15, -0.1) is 0 Å². The fraction of sp³-hybridized carbons (Fsp3) is 0.453. The first-order chi connectivity index (χ1) is 30.8. The van der Waals surface area contributed by atoms with Crippen LogP contribution in [0.2, 0.25) is 0 Å². The molecule has 334 valence electrons. The van der Waals surface area contributed by atoms with Crippen LogP contribution in [0.3, 0.4) is 0 Å². The van der Waals surface area contributed by atoms with Gasteiger partial charge in [-0.05, 0) is 70.5 Å². The molecular formula is C53H66N4O6. The Balaban J connectivity index is 1.19. The molecule has 0 bridgehead atoms. The molecule has 5 aromatic rings. The minimum atomic E-state index is -0.946. The van der Waals surface area contributed by atoms with Crippen molar-refractivity contribution in [2.45, 2.75) is 141 Å². The molecule has 0 radical (unpaired) electrons. The Hall–Kier alpha value is -5.77.